The molecule has 2 rings (SSSR count). The van der Waals surface area contributed by atoms with E-state index in [9.17, 15) is 15.2 Å². The highest BCUT2D eigenvalue weighted by atomic mass is 35.5. The molecule has 2 unspecified atom stereocenters. The largest absolute Gasteiger partial charge is 0.393 e. The topological polar surface area (TPSA) is 63.4 Å². The average molecular weight is 270 g/mol. The van der Waals surface area contributed by atoms with Crippen LogP contribution in [0, 0.1) is 16.0 Å². The van der Waals surface area contributed by atoms with E-state index in [2.05, 4.69) is 0 Å². The molecule has 1 aromatic rings. The van der Waals surface area contributed by atoms with Crippen molar-refractivity contribution in [1.82, 2.24) is 0 Å². The molecule has 2 atom stereocenters. The first-order valence-corrected chi connectivity index (χ1v) is 6.56. The number of hydrogen-bond acceptors (Lipinski definition) is 3. The first-order valence-electron chi connectivity index (χ1n) is 6.19. The zero-order valence-electron chi connectivity index (χ0n) is 10.0. The second-order valence-electron chi connectivity index (χ2n) is 4.85. The van der Waals surface area contributed by atoms with Crippen molar-refractivity contribution in [3.05, 3.63) is 38.9 Å². The molecule has 1 aromatic carbocycles. The zero-order valence-corrected chi connectivity index (χ0v) is 10.8. The molecule has 0 heterocycles. The van der Waals surface area contributed by atoms with Crippen LogP contribution in [0.1, 0.15) is 31.2 Å². The van der Waals surface area contributed by atoms with Gasteiger partial charge in [0, 0.05) is 12.1 Å². The summed E-state index contributed by atoms with van der Waals surface area (Å²) in [5, 5.41) is 20.9. The molecular weight excluding hydrogens is 254 g/mol. The molecule has 4 nitrogen and oxygen atoms in total. The molecule has 5 heteroatoms. The van der Waals surface area contributed by atoms with Gasteiger partial charge in [0.05, 0.1) is 16.0 Å². The van der Waals surface area contributed by atoms with Crippen molar-refractivity contribution in [2.24, 2.45) is 5.92 Å². The minimum absolute atomic E-state index is 0.00735. The van der Waals surface area contributed by atoms with E-state index in [0.29, 0.717) is 11.4 Å². The molecule has 0 saturated heterocycles. The van der Waals surface area contributed by atoms with E-state index < -0.39 is 4.92 Å². The molecule has 1 aliphatic rings. The second kappa shape index (κ2) is 5.67. The summed E-state index contributed by atoms with van der Waals surface area (Å²) >= 11 is 6.05. The number of nitro groups is 1. The summed E-state index contributed by atoms with van der Waals surface area (Å²) in [6.45, 7) is 0. The maximum atomic E-state index is 10.6. The Bertz CT molecular complexity index is 450. The molecule has 18 heavy (non-hydrogen) atoms. The first-order chi connectivity index (χ1) is 8.58. The van der Waals surface area contributed by atoms with E-state index in [-0.39, 0.29) is 17.7 Å². The lowest BCUT2D eigenvalue weighted by Crippen LogP contribution is -2.26. The van der Waals surface area contributed by atoms with Crippen LogP contribution in [-0.2, 0) is 6.42 Å². The Morgan fingerprint density at radius 1 is 1.39 bits per heavy atom. The number of nitrogens with zero attached hydrogens (tertiary/aromatic N) is 1. The Labute approximate surface area is 111 Å². The van der Waals surface area contributed by atoms with Crippen molar-refractivity contribution in [1.29, 1.82) is 0 Å². The van der Waals surface area contributed by atoms with Crippen LogP contribution < -0.4 is 0 Å². The fourth-order valence-electron chi connectivity index (χ4n) is 2.52. The summed E-state index contributed by atoms with van der Waals surface area (Å²) in [4.78, 5) is 10.2. The predicted octanol–water partition coefficient (Wildman–Crippen LogP) is 3.34. The summed E-state index contributed by atoms with van der Waals surface area (Å²) in [5.41, 5.74) is 0.890. The second-order valence-corrected chi connectivity index (χ2v) is 5.26. The lowest BCUT2D eigenvalue weighted by atomic mass is 9.82. The van der Waals surface area contributed by atoms with Crippen LogP contribution in [0.2, 0.25) is 5.02 Å². The van der Waals surface area contributed by atoms with E-state index in [0.717, 1.165) is 31.2 Å². The minimum Gasteiger partial charge on any atom is -0.393 e. The minimum atomic E-state index is -0.453. The summed E-state index contributed by atoms with van der Waals surface area (Å²) in [5.74, 6) is 0.220. The highest BCUT2D eigenvalue weighted by molar-refractivity contribution is 6.31. The smallest absolute Gasteiger partial charge is 0.270 e. The van der Waals surface area contributed by atoms with E-state index in [1.165, 1.54) is 12.1 Å². The van der Waals surface area contributed by atoms with Gasteiger partial charge in [-0.05, 0) is 30.7 Å². The van der Waals surface area contributed by atoms with Crippen LogP contribution in [0.15, 0.2) is 18.2 Å². The molecule has 1 saturated carbocycles. The molecule has 1 N–H and O–H groups in total. The number of aliphatic hydroxyl groups is 1. The lowest BCUT2D eigenvalue weighted by molar-refractivity contribution is -0.384. The summed E-state index contributed by atoms with van der Waals surface area (Å²) in [7, 11) is 0. The van der Waals surface area contributed by atoms with Gasteiger partial charge in [0.2, 0.25) is 0 Å². The van der Waals surface area contributed by atoms with E-state index in [1.807, 2.05) is 0 Å². The van der Waals surface area contributed by atoms with Gasteiger partial charge in [0.1, 0.15) is 0 Å². The summed E-state index contributed by atoms with van der Waals surface area (Å²) in [6.07, 6.45) is 4.46. The standard InChI is InChI=1S/C13H16ClNO3/c14-12-8-11(15(17)18)6-5-9(12)7-10-3-1-2-4-13(10)16/h5-6,8,10,13,16H,1-4,7H2. The third-order valence-electron chi connectivity index (χ3n) is 3.60. The van der Waals surface area contributed by atoms with Gasteiger partial charge in [-0.1, -0.05) is 30.5 Å². The van der Waals surface area contributed by atoms with Crippen molar-refractivity contribution in [3.63, 3.8) is 0 Å². The summed E-state index contributed by atoms with van der Waals surface area (Å²) < 4.78 is 0. The van der Waals surface area contributed by atoms with Crippen molar-refractivity contribution in [2.75, 3.05) is 0 Å². The number of halogens is 1. The quantitative estimate of drug-likeness (QED) is 0.676. The normalized spacial score (nSPS) is 23.9. The van der Waals surface area contributed by atoms with Gasteiger partial charge in [-0.3, -0.25) is 10.1 Å². The number of non-ortho nitro benzene ring substituents is 1. The van der Waals surface area contributed by atoms with Crippen molar-refractivity contribution in [3.8, 4) is 0 Å². The fourth-order valence-corrected chi connectivity index (χ4v) is 2.78. The first kappa shape index (κ1) is 13.3. The lowest BCUT2D eigenvalue weighted by Gasteiger charge is -2.27. The van der Waals surface area contributed by atoms with E-state index in [4.69, 9.17) is 11.6 Å². The molecule has 98 valence electrons. The van der Waals surface area contributed by atoms with Gasteiger partial charge >= 0.3 is 0 Å². The van der Waals surface area contributed by atoms with Crippen molar-refractivity contribution < 1.29 is 10.0 Å². The Balaban J connectivity index is 2.11. The summed E-state index contributed by atoms with van der Waals surface area (Å²) in [6, 6.07) is 4.55. The SMILES string of the molecule is O=[N+]([O-])c1ccc(CC2CCCCC2O)c(Cl)c1. The number of benzene rings is 1. The fraction of sp³-hybridized carbons (Fsp3) is 0.538. The van der Waals surface area contributed by atoms with Crippen LogP contribution in [0.5, 0.6) is 0 Å². The van der Waals surface area contributed by atoms with Gasteiger partial charge in [0.25, 0.3) is 5.69 Å². The molecule has 0 aromatic heterocycles. The van der Waals surface area contributed by atoms with Crippen molar-refractivity contribution >= 4 is 17.3 Å². The number of nitro benzene ring substituents is 1. The zero-order chi connectivity index (χ0) is 13.1. The highest BCUT2D eigenvalue weighted by Crippen LogP contribution is 2.31. The molecular formula is C13H16ClNO3. The van der Waals surface area contributed by atoms with Crippen LogP contribution in [0.25, 0.3) is 0 Å². The number of rotatable bonds is 3. The van der Waals surface area contributed by atoms with Crippen LogP contribution >= 0.6 is 11.6 Å². The third-order valence-corrected chi connectivity index (χ3v) is 3.95. The number of aliphatic hydroxyl groups excluding tert-OH is 1. The van der Waals surface area contributed by atoms with Gasteiger partial charge in [-0.15, -0.1) is 0 Å². The Morgan fingerprint density at radius 2 is 2.11 bits per heavy atom. The van der Waals surface area contributed by atoms with Crippen molar-refractivity contribution in [2.45, 2.75) is 38.2 Å². The van der Waals surface area contributed by atoms with E-state index >= 15 is 0 Å². The maximum absolute atomic E-state index is 10.6. The third kappa shape index (κ3) is 3.00. The Hall–Kier alpha value is -1.13. The Kier molecular flexibility index (Phi) is 4.19. The van der Waals surface area contributed by atoms with Crippen LogP contribution in [0.3, 0.4) is 0 Å². The molecule has 0 bridgehead atoms. The highest BCUT2D eigenvalue weighted by Gasteiger charge is 2.24. The molecule has 1 aliphatic carbocycles. The molecule has 1 fully saturated rings. The van der Waals surface area contributed by atoms with Crippen LogP contribution in [0.4, 0.5) is 5.69 Å². The maximum Gasteiger partial charge on any atom is 0.270 e. The number of hydrogen-bond donors (Lipinski definition) is 1. The molecule has 0 amide bonds. The molecule has 0 aliphatic heterocycles. The van der Waals surface area contributed by atoms with Crippen LogP contribution in [-0.4, -0.2) is 16.1 Å². The monoisotopic (exact) mass is 269 g/mol. The predicted molar refractivity (Wildman–Crippen MR) is 69.8 cm³/mol. The molecule has 0 spiro atoms. The van der Waals surface area contributed by atoms with Gasteiger partial charge in [0.15, 0.2) is 0 Å². The molecule has 0 radical (unpaired) electrons. The van der Waals surface area contributed by atoms with Gasteiger partial charge < -0.3 is 5.11 Å². The van der Waals surface area contributed by atoms with E-state index in [1.54, 1.807) is 6.07 Å². The average Bonchev–Trinajstić information content (AvgIpc) is 2.34. The Morgan fingerprint density at radius 3 is 2.72 bits per heavy atom. The van der Waals surface area contributed by atoms with Gasteiger partial charge in [-0.2, -0.15) is 0 Å². The van der Waals surface area contributed by atoms with Gasteiger partial charge in [-0.25, -0.2) is 0 Å².